The first kappa shape index (κ1) is 7.98. The molecule has 1 rings (SSSR count). The minimum Gasteiger partial charge on any atom is -0.391 e. The summed E-state index contributed by atoms with van der Waals surface area (Å²) in [6, 6.07) is 0. The molecule has 0 radical (unpaired) electrons. The van der Waals surface area contributed by atoms with E-state index < -0.39 is 0 Å². The van der Waals surface area contributed by atoms with Gasteiger partial charge in [0.15, 0.2) is 0 Å². The molecule has 0 aromatic rings. The van der Waals surface area contributed by atoms with Crippen molar-refractivity contribution in [1.29, 1.82) is 0 Å². The van der Waals surface area contributed by atoms with E-state index in [-0.39, 0.29) is 6.10 Å². The summed E-state index contributed by atoms with van der Waals surface area (Å²) in [6.07, 6.45) is 0.831. The first-order chi connectivity index (χ1) is 4.74. The number of likely N-dealkylation sites (N-methyl/N-ethyl adjacent to an activating group) is 1. The van der Waals surface area contributed by atoms with Crippen molar-refractivity contribution in [3.63, 3.8) is 0 Å². The van der Waals surface area contributed by atoms with Crippen LogP contribution < -0.4 is 5.73 Å². The van der Waals surface area contributed by atoms with Crippen molar-refractivity contribution < 1.29 is 5.11 Å². The second kappa shape index (κ2) is 3.32. The van der Waals surface area contributed by atoms with Crippen LogP contribution in [0.3, 0.4) is 0 Å². The van der Waals surface area contributed by atoms with E-state index in [1.165, 1.54) is 0 Å². The molecule has 3 heteroatoms. The Kier molecular flexibility index (Phi) is 2.65. The maximum absolute atomic E-state index is 9.42. The van der Waals surface area contributed by atoms with Crippen LogP contribution in [0.25, 0.3) is 0 Å². The van der Waals surface area contributed by atoms with Gasteiger partial charge in [-0.3, -0.25) is 0 Å². The minimum absolute atomic E-state index is 0.205. The van der Waals surface area contributed by atoms with Crippen LogP contribution in [-0.4, -0.2) is 42.8 Å². The van der Waals surface area contributed by atoms with Crippen LogP contribution in [0, 0.1) is 5.92 Å². The number of hydrogen-bond donors (Lipinski definition) is 2. The number of nitrogens with zero attached hydrogens (tertiary/aromatic N) is 1. The van der Waals surface area contributed by atoms with Crippen LogP contribution in [0.4, 0.5) is 0 Å². The summed E-state index contributed by atoms with van der Waals surface area (Å²) < 4.78 is 0. The van der Waals surface area contributed by atoms with Crippen molar-refractivity contribution in [3.05, 3.63) is 0 Å². The average Bonchev–Trinajstić information content (AvgIpc) is 1.88. The van der Waals surface area contributed by atoms with E-state index in [1.807, 2.05) is 7.05 Å². The lowest BCUT2D eigenvalue weighted by molar-refractivity contribution is 0.0363. The van der Waals surface area contributed by atoms with Crippen LogP contribution in [0.5, 0.6) is 0 Å². The number of likely N-dealkylation sites (tertiary alicyclic amines) is 1. The average molecular weight is 144 g/mol. The SMILES string of the molecule is CN1CC[C@@H](CN)[C@H](O)C1. The Morgan fingerprint density at radius 1 is 1.70 bits per heavy atom. The fourth-order valence-corrected chi connectivity index (χ4v) is 1.41. The molecular weight excluding hydrogens is 128 g/mol. The molecule has 0 bridgehead atoms. The standard InChI is InChI=1S/C7H16N2O/c1-9-3-2-6(4-8)7(10)5-9/h6-7,10H,2-5,8H2,1H3/t6-,7+/m0/s1. The third kappa shape index (κ3) is 1.68. The Bertz CT molecular complexity index is 108. The summed E-state index contributed by atoms with van der Waals surface area (Å²) in [5.74, 6) is 0.330. The van der Waals surface area contributed by atoms with Crippen molar-refractivity contribution in [2.45, 2.75) is 12.5 Å². The maximum Gasteiger partial charge on any atom is 0.0707 e. The summed E-state index contributed by atoms with van der Waals surface area (Å²) >= 11 is 0. The van der Waals surface area contributed by atoms with Gasteiger partial charge in [0, 0.05) is 6.54 Å². The van der Waals surface area contributed by atoms with Crippen molar-refractivity contribution in [2.24, 2.45) is 11.7 Å². The minimum atomic E-state index is -0.205. The summed E-state index contributed by atoms with van der Waals surface area (Å²) in [5.41, 5.74) is 5.46. The molecule has 1 aliphatic rings. The molecule has 0 aromatic carbocycles. The molecule has 0 amide bonds. The van der Waals surface area contributed by atoms with Gasteiger partial charge in [-0.2, -0.15) is 0 Å². The van der Waals surface area contributed by atoms with Gasteiger partial charge in [-0.15, -0.1) is 0 Å². The number of piperidine rings is 1. The fraction of sp³-hybridized carbons (Fsp3) is 1.00. The van der Waals surface area contributed by atoms with E-state index in [0.29, 0.717) is 12.5 Å². The van der Waals surface area contributed by atoms with Crippen LogP contribution in [0.1, 0.15) is 6.42 Å². The summed E-state index contributed by atoms with van der Waals surface area (Å²) in [4.78, 5) is 2.14. The molecule has 60 valence electrons. The monoisotopic (exact) mass is 144 g/mol. The Morgan fingerprint density at radius 2 is 2.40 bits per heavy atom. The highest BCUT2D eigenvalue weighted by Gasteiger charge is 2.23. The van der Waals surface area contributed by atoms with E-state index in [1.54, 1.807) is 0 Å². The molecule has 10 heavy (non-hydrogen) atoms. The van der Waals surface area contributed by atoms with Crippen LogP contribution in [0.15, 0.2) is 0 Å². The zero-order valence-corrected chi connectivity index (χ0v) is 6.45. The van der Waals surface area contributed by atoms with Gasteiger partial charge in [-0.25, -0.2) is 0 Å². The lowest BCUT2D eigenvalue weighted by Crippen LogP contribution is -2.44. The van der Waals surface area contributed by atoms with E-state index in [2.05, 4.69) is 4.90 Å². The zero-order chi connectivity index (χ0) is 7.56. The number of hydrogen-bond acceptors (Lipinski definition) is 3. The number of β-amino-alcohol motifs (C(OH)–C–C–N with tert-alkyl or cyclic N) is 1. The van der Waals surface area contributed by atoms with Gasteiger partial charge in [0.1, 0.15) is 0 Å². The molecule has 0 saturated carbocycles. The molecule has 0 spiro atoms. The normalized spacial score (nSPS) is 36.3. The lowest BCUT2D eigenvalue weighted by atomic mass is 9.94. The third-order valence-electron chi connectivity index (χ3n) is 2.23. The van der Waals surface area contributed by atoms with E-state index in [9.17, 15) is 5.11 Å². The van der Waals surface area contributed by atoms with Gasteiger partial charge in [0.25, 0.3) is 0 Å². The molecule has 1 saturated heterocycles. The predicted octanol–water partition coefficient (Wildman–Crippen LogP) is -0.742. The molecule has 0 aromatic heterocycles. The Labute approximate surface area is 61.8 Å². The van der Waals surface area contributed by atoms with Crippen LogP contribution in [-0.2, 0) is 0 Å². The number of rotatable bonds is 1. The van der Waals surface area contributed by atoms with Gasteiger partial charge in [-0.1, -0.05) is 0 Å². The molecule has 1 fully saturated rings. The van der Waals surface area contributed by atoms with Crippen molar-refractivity contribution in [3.8, 4) is 0 Å². The number of nitrogens with two attached hydrogens (primary N) is 1. The Hall–Kier alpha value is -0.120. The van der Waals surface area contributed by atoms with E-state index >= 15 is 0 Å². The van der Waals surface area contributed by atoms with Crippen LogP contribution in [0.2, 0.25) is 0 Å². The molecule has 0 aliphatic carbocycles. The summed E-state index contributed by atoms with van der Waals surface area (Å²) in [7, 11) is 2.02. The highest BCUT2D eigenvalue weighted by atomic mass is 16.3. The van der Waals surface area contributed by atoms with Crippen molar-refractivity contribution in [2.75, 3.05) is 26.7 Å². The molecular formula is C7H16N2O. The predicted molar refractivity (Wildman–Crippen MR) is 40.7 cm³/mol. The smallest absolute Gasteiger partial charge is 0.0707 e. The summed E-state index contributed by atoms with van der Waals surface area (Å²) in [6.45, 7) is 2.47. The Morgan fingerprint density at radius 3 is 2.90 bits per heavy atom. The largest absolute Gasteiger partial charge is 0.391 e. The highest BCUT2D eigenvalue weighted by molar-refractivity contribution is 4.78. The highest BCUT2D eigenvalue weighted by Crippen LogP contribution is 2.14. The van der Waals surface area contributed by atoms with Crippen LogP contribution >= 0.6 is 0 Å². The number of aliphatic hydroxyl groups excluding tert-OH is 1. The maximum atomic E-state index is 9.42. The second-order valence-electron chi connectivity index (χ2n) is 3.11. The van der Waals surface area contributed by atoms with Gasteiger partial charge in [0.05, 0.1) is 6.10 Å². The zero-order valence-electron chi connectivity index (χ0n) is 6.45. The first-order valence-electron chi connectivity index (χ1n) is 3.80. The van der Waals surface area contributed by atoms with E-state index in [4.69, 9.17) is 5.73 Å². The topological polar surface area (TPSA) is 49.5 Å². The molecule has 2 atom stereocenters. The van der Waals surface area contributed by atoms with Gasteiger partial charge in [-0.05, 0) is 32.5 Å². The van der Waals surface area contributed by atoms with Crippen molar-refractivity contribution >= 4 is 0 Å². The second-order valence-corrected chi connectivity index (χ2v) is 3.11. The van der Waals surface area contributed by atoms with Gasteiger partial charge >= 0.3 is 0 Å². The number of aliphatic hydroxyl groups is 1. The fourth-order valence-electron chi connectivity index (χ4n) is 1.41. The first-order valence-corrected chi connectivity index (χ1v) is 3.80. The quantitative estimate of drug-likeness (QED) is 0.509. The Balaban J connectivity index is 2.36. The molecule has 1 heterocycles. The molecule has 1 aliphatic heterocycles. The van der Waals surface area contributed by atoms with Gasteiger partial charge in [0.2, 0.25) is 0 Å². The van der Waals surface area contributed by atoms with E-state index in [0.717, 1.165) is 19.5 Å². The summed E-state index contributed by atoms with van der Waals surface area (Å²) in [5, 5.41) is 9.42. The third-order valence-corrected chi connectivity index (χ3v) is 2.23. The molecule has 0 unspecified atom stereocenters. The van der Waals surface area contributed by atoms with Crippen molar-refractivity contribution in [1.82, 2.24) is 4.90 Å². The molecule has 3 nitrogen and oxygen atoms in total. The van der Waals surface area contributed by atoms with Gasteiger partial charge < -0.3 is 15.7 Å². The molecule has 3 N–H and O–H groups in total. The lowest BCUT2D eigenvalue weighted by Gasteiger charge is -2.32.